The normalized spacial score (nSPS) is 20.8. The molecule has 5 nitrogen and oxygen atoms in total. The summed E-state index contributed by atoms with van der Waals surface area (Å²) >= 11 is 0. The highest BCUT2D eigenvalue weighted by Gasteiger charge is 2.28. The molecule has 2 heterocycles. The number of hydrazine groups is 1. The van der Waals surface area contributed by atoms with Crippen LogP contribution in [0.2, 0.25) is 0 Å². The monoisotopic (exact) mass is 271 g/mol. The second kappa shape index (κ2) is 5.34. The molecule has 1 aliphatic rings. The summed E-state index contributed by atoms with van der Waals surface area (Å²) in [6.45, 7) is 7.07. The van der Waals surface area contributed by atoms with E-state index in [-0.39, 0.29) is 0 Å². The van der Waals surface area contributed by atoms with E-state index in [2.05, 4.69) is 23.7 Å². The van der Waals surface area contributed by atoms with Crippen LogP contribution in [0.25, 0.3) is 11.0 Å². The van der Waals surface area contributed by atoms with Gasteiger partial charge >= 0.3 is 0 Å². The summed E-state index contributed by atoms with van der Waals surface area (Å²) < 4.78 is 0. The maximum atomic E-state index is 6.08. The van der Waals surface area contributed by atoms with Gasteiger partial charge in [-0.15, -0.1) is 0 Å². The third-order valence-corrected chi connectivity index (χ3v) is 3.99. The molecule has 3 rings (SSSR count). The molecule has 1 fully saturated rings. The quantitative estimate of drug-likeness (QED) is 0.842. The number of para-hydroxylation sites is 2. The lowest BCUT2D eigenvalue weighted by molar-refractivity contribution is 0.140. The molecular formula is C15H21N5. The van der Waals surface area contributed by atoms with Crippen molar-refractivity contribution in [3.8, 4) is 0 Å². The Bertz CT molecular complexity index is 598. The van der Waals surface area contributed by atoms with E-state index in [1.54, 1.807) is 0 Å². The first-order valence-electron chi connectivity index (χ1n) is 7.13. The molecule has 1 atom stereocenters. The van der Waals surface area contributed by atoms with Crippen LogP contribution in [0, 0.1) is 5.92 Å². The minimum atomic E-state index is 0.358. The highest BCUT2D eigenvalue weighted by molar-refractivity contribution is 5.75. The number of hydrogen-bond donors (Lipinski definition) is 1. The van der Waals surface area contributed by atoms with Gasteiger partial charge in [-0.2, -0.15) is 0 Å². The molecule has 2 N–H and O–H groups in total. The Kier molecular flexibility index (Phi) is 3.54. The number of benzene rings is 1. The van der Waals surface area contributed by atoms with Gasteiger partial charge in [-0.05, 0) is 18.1 Å². The standard InChI is InChI=1S/C15H21N5/c1-11(2)14-10-19(7-8-20(14)16)15-9-17-12-5-3-4-6-13(12)18-15/h3-6,9,11,14H,7-8,10,16H2,1-2H3/t14-/m0/s1. The number of piperazine rings is 1. The largest absolute Gasteiger partial charge is 0.352 e. The van der Waals surface area contributed by atoms with E-state index < -0.39 is 0 Å². The van der Waals surface area contributed by atoms with Gasteiger partial charge in [-0.1, -0.05) is 26.0 Å². The lowest BCUT2D eigenvalue weighted by Crippen LogP contribution is -2.58. The number of aromatic nitrogens is 2. The van der Waals surface area contributed by atoms with Gasteiger partial charge in [0.25, 0.3) is 0 Å². The first-order chi connectivity index (χ1) is 9.65. The summed E-state index contributed by atoms with van der Waals surface area (Å²) in [5, 5.41) is 1.95. The maximum absolute atomic E-state index is 6.08. The molecule has 20 heavy (non-hydrogen) atoms. The Morgan fingerprint density at radius 1 is 1.20 bits per heavy atom. The summed E-state index contributed by atoms with van der Waals surface area (Å²) in [5.74, 6) is 7.55. The average Bonchev–Trinajstić information content (AvgIpc) is 2.47. The maximum Gasteiger partial charge on any atom is 0.147 e. The molecule has 0 radical (unpaired) electrons. The minimum Gasteiger partial charge on any atom is -0.352 e. The fraction of sp³-hybridized carbons (Fsp3) is 0.467. The van der Waals surface area contributed by atoms with Gasteiger partial charge in [0.15, 0.2) is 0 Å². The van der Waals surface area contributed by atoms with E-state index in [1.807, 2.05) is 35.5 Å². The summed E-state index contributed by atoms with van der Waals surface area (Å²) in [4.78, 5) is 11.5. The summed E-state index contributed by atoms with van der Waals surface area (Å²) in [6, 6.07) is 8.33. The van der Waals surface area contributed by atoms with Gasteiger partial charge < -0.3 is 4.90 Å². The predicted molar refractivity (Wildman–Crippen MR) is 81.3 cm³/mol. The molecule has 0 bridgehead atoms. The molecule has 5 heteroatoms. The SMILES string of the molecule is CC(C)[C@@H]1CN(c2cnc3ccccc3n2)CCN1N. The summed E-state index contributed by atoms with van der Waals surface area (Å²) in [5.41, 5.74) is 1.88. The van der Waals surface area contributed by atoms with Gasteiger partial charge in [0.1, 0.15) is 5.82 Å². The Morgan fingerprint density at radius 3 is 2.70 bits per heavy atom. The summed E-state index contributed by atoms with van der Waals surface area (Å²) in [6.07, 6.45) is 1.87. The molecule has 1 saturated heterocycles. The minimum absolute atomic E-state index is 0.358. The number of nitrogens with zero attached hydrogens (tertiary/aromatic N) is 4. The van der Waals surface area contributed by atoms with Crippen LogP contribution in [0.3, 0.4) is 0 Å². The molecule has 2 aromatic rings. The summed E-state index contributed by atoms with van der Waals surface area (Å²) in [7, 11) is 0. The van der Waals surface area contributed by atoms with Crippen LogP contribution in [-0.4, -0.2) is 40.7 Å². The Labute approximate surface area is 119 Å². The van der Waals surface area contributed by atoms with Crippen LogP contribution in [0.4, 0.5) is 5.82 Å². The van der Waals surface area contributed by atoms with Gasteiger partial charge in [-0.25, -0.2) is 9.99 Å². The Hall–Kier alpha value is -1.72. The van der Waals surface area contributed by atoms with E-state index in [9.17, 15) is 0 Å². The third-order valence-electron chi connectivity index (χ3n) is 3.99. The number of nitrogens with two attached hydrogens (primary N) is 1. The molecular weight excluding hydrogens is 250 g/mol. The molecule has 1 aliphatic heterocycles. The van der Waals surface area contributed by atoms with Crippen molar-refractivity contribution in [1.82, 2.24) is 15.0 Å². The Morgan fingerprint density at radius 2 is 1.95 bits per heavy atom. The molecule has 0 saturated carbocycles. The van der Waals surface area contributed by atoms with Crippen LogP contribution in [0.15, 0.2) is 30.5 Å². The molecule has 106 valence electrons. The van der Waals surface area contributed by atoms with Gasteiger partial charge in [0.05, 0.1) is 17.2 Å². The number of fused-ring (bicyclic) bond motifs is 1. The molecule has 1 aromatic carbocycles. The van der Waals surface area contributed by atoms with E-state index in [0.29, 0.717) is 12.0 Å². The second-order valence-electron chi connectivity index (χ2n) is 5.71. The topological polar surface area (TPSA) is 58.3 Å². The fourth-order valence-electron chi connectivity index (χ4n) is 2.73. The van der Waals surface area contributed by atoms with E-state index in [4.69, 9.17) is 10.8 Å². The molecule has 0 spiro atoms. The molecule has 0 unspecified atom stereocenters. The van der Waals surface area contributed by atoms with Crippen molar-refractivity contribution in [2.45, 2.75) is 19.9 Å². The van der Waals surface area contributed by atoms with E-state index in [1.165, 1.54) is 0 Å². The lowest BCUT2D eigenvalue weighted by Gasteiger charge is -2.41. The van der Waals surface area contributed by atoms with Crippen molar-refractivity contribution >= 4 is 16.9 Å². The third kappa shape index (κ3) is 2.46. The lowest BCUT2D eigenvalue weighted by atomic mass is 10.0. The zero-order chi connectivity index (χ0) is 14.1. The van der Waals surface area contributed by atoms with Crippen LogP contribution >= 0.6 is 0 Å². The van der Waals surface area contributed by atoms with Crippen LogP contribution in [0.1, 0.15) is 13.8 Å². The van der Waals surface area contributed by atoms with Gasteiger partial charge in [-0.3, -0.25) is 10.8 Å². The van der Waals surface area contributed by atoms with E-state index in [0.717, 1.165) is 36.5 Å². The van der Waals surface area contributed by atoms with Crippen molar-refractivity contribution in [2.75, 3.05) is 24.5 Å². The van der Waals surface area contributed by atoms with Crippen molar-refractivity contribution in [1.29, 1.82) is 0 Å². The number of rotatable bonds is 2. The molecule has 0 aliphatic carbocycles. The average molecular weight is 271 g/mol. The van der Waals surface area contributed by atoms with Crippen LogP contribution in [-0.2, 0) is 0 Å². The van der Waals surface area contributed by atoms with Gasteiger partial charge in [0, 0.05) is 25.7 Å². The molecule has 1 aromatic heterocycles. The second-order valence-corrected chi connectivity index (χ2v) is 5.71. The highest BCUT2D eigenvalue weighted by Crippen LogP contribution is 2.20. The van der Waals surface area contributed by atoms with Crippen molar-refractivity contribution in [3.05, 3.63) is 30.5 Å². The van der Waals surface area contributed by atoms with E-state index >= 15 is 0 Å². The van der Waals surface area contributed by atoms with Crippen molar-refractivity contribution in [3.63, 3.8) is 0 Å². The fourth-order valence-corrected chi connectivity index (χ4v) is 2.73. The zero-order valence-electron chi connectivity index (χ0n) is 12.0. The predicted octanol–water partition coefficient (Wildman–Crippen LogP) is 1.65. The van der Waals surface area contributed by atoms with Crippen LogP contribution < -0.4 is 10.7 Å². The van der Waals surface area contributed by atoms with Crippen molar-refractivity contribution < 1.29 is 0 Å². The zero-order valence-corrected chi connectivity index (χ0v) is 12.0. The van der Waals surface area contributed by atoms with Crippen LogP contribution in [0.5, 0.6) is 0 Å². The first-order valence-corrected chi connectivity index (χ1v) is 7.13. The van der Waals surface area contributed by atoms with Crippen molar-refractivity contribution in [2.24, 2.45) is 11.8 Å². The van der Waals surface area contributed by atoms with Gasteiger partial charge in [0.2, 0.25) is 0 Å². The first kappa shape index (κ1) is 13.3. The smallest absolute Gasteiger partial charge is 0.147 e. The highest BCUT2D eigenvalue weighted by atomic mass is 15.5. The number of anilines is 1. The molecule has 0 amide bonds. The Balaban J connectivity index is 1.87. The number of hydrogen-bond acceptors (Lipinski definition) is 5.